The van der Waals surface area contributed by atoms with Crippen LogP contribution in [0.15, 0.2) is 97.1 Å². The second-order valence-electron chi connectivity index (χ2n) is 9.00. The van der Waals surface area contributed by atoms with Crippen molar-refractivity contribution in [1.82, 2.24) is 19.9 Å². The molecule has 4 nitrogen and oxygen atoms in total. The molecule has 0 aliphatic rings. The molecule has 0 aliphatic carbocycles. The molecule has 0 spiro atoms. The summed E-state index contributed by atoms with van der Waals surface area (Å²) in [4.78, 5) is 18.2. The topological polar surface area (TPSA) is 51.6 Å². The summed E-state index contributed by atoms with van der Waals surface area (Å²) in [6.07, 6.45) is 0. The monoisotopic (exact) mass is 468 g/mol. The van der Waals surface area contributed by atoms with E-state index in [4.69, 9.17) is 0 Å². The van der Waals surface area contributed by atoms with Crippen molar-refractivity contribution in [2.45, 2.75) is 27.7 Å². The van der Waals surface area contributed by atoms with Crippen molar-refractivity contribution < 1.29 is 0 Å². The summed E-state index contributed by atoms with van der Waals surface area (Å²) >= 11 is 0. The predicted molar refractivity (Wildman–Crippen MR) is 149 cm³/mol. The second-order valence-corrected chi connectivity index (χ2v) is 9.00. The molecule has 0 saturated carbocycles. The minimum atomic E-state index is 0.810. The first-order valence-corrected chi connectivity index (χ1v) is 12.1. The summed E-state index contributed by atoms with van der Waals surface area (Å²) < 4.78 is 0. The Labute approximate surface area is 211 Å². The molecular weight excluding hydrogens is 440 g/mol. The smallest absolute Gasteiger partial charge is 0.160 e. The van der Waals surface area contributed by atoms with E-state index in [-0.39, 0.29) is 0 Å². The van der Waals surface area contributed by atoms with Crippen molar-refractivity contribution in [3.63, 3.8) is 0 Å². The van der Waals surface area contributed by atoms with Crippen LogP contribution in [0.2, 0.25) is 0 Å². The fourth-order valence-corrected chi connectivity index (χ4v) is 4.53. The molecule has 0 bridgehead atoms. The lowest BCUT2D eigenvalue weighted by Crippen LogP contribution is -1.94. The number of hydrogen-bond acceptors (Lipinski definition) is 4. The van der Waals surface area contributed by atoms with Gasteiger partial charge in [-0.2, -0.15) is 0 Å². The normalized spacial score (nSPS) is 10.8. The van der Waals surface area contributed by atoms with Gasteiger partial charge in [0.2, 0.25) is 0 Å². The van der Waals surface area contributed by atoms with Crippen LogP contribution in [0.25, 0.3) is 44.3 Å². The Bertz CT molecular complexity index is 1510. The summed E-state index contributed by atoms with van der Waals surface area (Å²) in [6.45, 7) is 8.01. The van der Waals surface area contributed by atoms with Crippen LogP contribution in [0.3, 0.4) is 0 Å². The Morgan fingerprint density at radius 3 is 1.11 bits per heavy atom. The third kappa shape index (κ3) is 4.98. The van der Waals surface area contributed by atoms with Crippen LogP contribution in [0, 0.1) is 27.7 Å². The van der Waals surface area contributed by atoms with Crippen molar-refractivity contribution in [3.8, 4) is 22.8 Å². The SMILES string of the molecule is Cc1cc(C)nc(-c2cccc3ccccc23)n1.Cc1cc(C)nc(-c2cccc3ccccc23)n1. The van der Waals surface area contributed by atoms with Crippen LogP contribution >= 0.6 is 0 Å². The number of rotatable bonds is 2. The molecule has 36 heavy (non-hydrogen) atoms. The third-order valence-corrected chi connectivity index (χ3v) is 6.03. The molecule has 0 fully saturated rings. The first-order valence-electron chi connectivity index (χ1n) is 12.1. The van der Waals surface area contributed by atoms with Gasteiger partial charge in [-0.05, 0) is 61.4 Å². The van der Waals surface area contributed by atoms with E-state index < -0.39 is 0 Å². The van der Waals surface area contributed by atoms with Crippen molar-refractivity contribution >= 4 is 21.5 Å². The van der Waals surface area contributed by atoms with Crippen LogP contribution in [0.1, 0.15) is 22.8 Å². The molecular formula is C32H28N4. The average Bonchev–Trinajstić information content (AvgIpc) is 2.87. The average molecular weight is 469 g/mol. The Balaban J connectivity index is 0.000000148. The maximum absolute atomic E-state index is 4.54. The highest BCUT2D eigenvalue weighted by Gasteiger charge is 2.08. The first kappa shape index (κ1) is 23.3. The molecule has 0 radical (unpaired) electrons. The highest BCUT2D eigenvalue weighted by Crippen LogP contribution is 2.27. The molecule has 2 heterocycles. The minimum Gasteiger partial charge on any atom is -0.233 e. The summed E-state index contributed by atoms with van der Waals surface area (Å²) in [5.74, 6) is 1.62. The van der Waals surface area contributed by atoms with E-state index in [0.717, 1.165) is 45.6 Å². The fraction of sp³-hybridized carbons (Fsp3) is 0.125. The Hall–Kier alpha value is -4.44. The van der Waals surface area contributed by atoms with E-state index >= 15 is 0 Å². The third-order valence-electron chi connectivity index (χ3n) is 6.03. The van der Waals surface area contributed by atoms with Gasteiger partial charge < -0.3 is 0 Å². The number of hydrogen-bond donors (Lipinski definition) is 0. The molecule has 0 atom stereocenters. The second kappa shape index (κ2) is 10.0. The Kier molecular flexibility index (Phi) is 6.50. The van der Waals surface area contributed by atoms with Gasteiger partial charge in [-0.25, -0.2) is 19.9 Å². The van der Waals surface area contributed by atoms with Gasteiger partial charge in [0.05, 0.1) is 0 Å². The van der Waals surface area contributed by atoms with Gasteiger partial charge >= 0.3 is 0 Å². The summed E-state index contributed by atoms with van der Waals surface area (Å²) in [5, 5.41) is 4.84. The highest BCUT2D eigenvalue weighted by molar-refractivity contribution is 5.95. The largest absolute Gasteiger partial charge is 0.233 e. The fourth-order valence-electron chi connectivity index (χ4n) is 4.53. The first-order chi connectivity index (χ1) is 17.5. The quantitative estimate of drug-likeness (QED) is 0.260. The van der Waals surface area contributed by atoms with Gasteiger partial charge in [0.15, 0.2) is 11.6 Å². The molecule has 4 heteroatoms. The lowest BCUT2D eigenvalue weighted by atomic mass is 10.0. The lowest BCUT2D eigenvalue weighted by Gasteiger charge is -2.07. The molecule has 0 saturated heterocycles. The number of benzene rings is 4. The van der Waals surface area contributed by atoms with Crippen LogP contribution < -0.4 is 0 Å². The number of nitrogens with zero attached hydrogens (tertiary/aromatic N) is 4. The Morgan fingerprint density at radius 1 is 0.389 bits per heavy atom. The summed E-state index contributed by atoms with van der Waals surface area (Å²) in [5.41, 5.74) is 6.21. The molecule has 6 rings (SSSR count). The molecule has 6 aromatic rings. The summed E-state index contributed by atoms with van der Waals surface area (Å²) in [6, 6.07) is 33.1. The predicted octanol–water partition coefficient (Wildman–Crippen LogP) is 7.83. The van der Waals surface area contributed by atoms with E-state index in [1.807, 2.05) is 39.8 Å². The molecule has 4 aromatic carbocycles. The Morgan fingerprint density at radius 2 is 0.722 bits per heavy atom. The van der Waals surface area contributed by atoms with Crippen molar-refractivity contribution in [2.75, 3.05) is 0 Å². The van der Waals surface area contributed by atoms with Gasteiger partial charge in [-0.15, -0.1) is 0 Å². The molecule has 0 amide bonds. The van der Waals surface area contributed by atoms with Crippen molar-refractivity contribution in [2.24, 2.45) is 0 Å². The molecule has 0 N–H and O–H groups in total. The van der Waals surface area contributed by atoms with E-state index in [0.29, 0.717) is 0 Å². The number of aryl methyl sites for hydroxylation is 4. The maximum Gasteiger partial charge on any atom is 0.160 e. The lowest BCUT2D eigenvalue weighted by molar-refractivity contribution is 1.07. The van der Waals surface area contributed by atoms with Crippen molar-refractivity contribution in [3.05, 3.63) is 120 Å². The highest BCUT2D eigenvalue weighted by atomic mass is 14.9. The van der Waals surface area contributed by atoms with Gasteiger partial charge in [-0.1, -0.05) is 84.9 Å². The number of fused-ring (bicyclic) bond motifs is 2. The van der Waals surface area contributed by atoms with E-state index in [9.17, 15) is 0 Å². The molecule has 176 valence electrons. The van der Waals surface area contributed by atoms with Crippen LogP contribution in [-0.2, 0) is 0 Å². The maximum atomic E-state index is 4.54. The molecule has 0 aliphatic heterocycles. The molecule has 0 unspecified atom stereocenters. The summed E-state index contributed by atoms with van der Waals surface area (Å²) in [7, 11) is 0. The van der Waals surface area contributed by atoms with Gasteiger partial charge in [0.25, 0.3) is 0 Å². The zero-order valence-corrected chi connectivity index (χ0v) is 21.0. The minimum absolute atomic E-state index is 0.810. The van der Waals surface area contributed by atoms with E-state index in [1.54, 1.807) is 0 Å². The zero-order valence-electron chi connectivity index (χ0n) is 21.0. The van der Waals surface area contributed by atoms with Gasteiger partial charge in [0, 0.05) is 33.9 Å². The zero-order chi connectivity index (χ0) is 25.1. The van der Waals surface area contributed by atoms with E-state index in [2.05, 4.69) is 105 Å². The van der Waals surface area contributed by atoms with Crippen LogP contribution in [0.4, 0.5) is 0 Å². The van der Waals surface area contributed by atoms with Crippen LogP contribution in [0.5, 0.6) is 0 Å². The number of aromatic nitrogens is 4. The van der Waals surface area contributed by atoms with E-state index in [1.165, 1.54) is 21.5 Å². The molecule has 2 aromatic heterocycles. The standard InChI is InChI=1S/2C16H14N2/c2*1-11-10-12(2)18-16(17-11)15-9-5-7-13-6-3-4-8-14(13)15/h2*3-10H,1-2H3. The van der Waals surface area contributed by atoms with Gasteiger partial charge in [0.1, 0.15) is 0 Å². The van der Waals surface area contributed by atoms with Gasteiger partial charge in [-0.3, -0.25) is 0 Å². The van der Waals surface area contributed by atoms with Crippen molar-refractivity contribution in [1.29, 1.82) is 0 Å². The van der Waals surface area contributed by atoms with Crippen LogP contribution in [-0.4, -0.2) is 19.9 Å².